The van der Waals surface area contributed by atoms with Gasteiger partial charge in [0.05, 0.1) is 12.1 Å². The van der Waals surface area contributed by atoms with Crippen LogP contribution in [-0.4, -0.2) is 46.2 Å². The highest BCUT2D eigenvalue weighted by Gasteiger charge is 2.25. The van der Waals surface area contributed by atoms with Crippen molar-refractivity contribution in [3.8, 4) is 0 Å². The number of piperidine rings is 1. The number of aliphatic hydroxyl groups excluding tert-OH is 1. The lowest BCUT2D eigenvalue weighted by Gasteiger charge is -2.34. The zero-order valence-corrected chi connectivity index (χ0v) is 13.6. The number of hydrogen-bond donors (Lipinski definition) is 1. The molecule has 0 saturated carbocycles. The van der Waals surface area contributed by atoms with Crippen LogP contribution in [0.15, 0.2) is 24.4 Å². The lowest BCUT2D eigenvalue weighted by molar-refractivity contribution is 0.139. The number of aliphatic hydroxyl groups is 1. The highest BCUT2D eigenvalue weighted by Crippen LogP contribution is 2.32. The first kappa shape index (κ1) is 15.7. The van der Waals surface area contributed by atoms with E-state index in [-0.39, 0.29) is 6.61 Å². The number of hydrogen-bond acceptors (Lipinski definition) is 4. The van der Waals surface area contributed by atoms with Crippen LogP contribution in [0.5, 0.6) is 0 Å². The minimum atomic E-state index is 0.251. The summed E-state index contributed by atoms with van der Waals surface area (Å²) in [6.45, 7) is 5.45. The van der Waals surface area contributed by atoms with Crippen LogP contribution in [0.4, 0.5) is 0 Å². The molecule has 5 heteroatoms. The molecule has 1 saturated heterocycles. The molecule has 1 aliphatic heterocycles. The number of halogens is 1. The Morgan fingerprint density at radius 2 is 2.14 bits per heavy atom. The molecule has 1 N–H and O–H groups in total. The smallest absolute Gasteiger partial charge is 0.131 e. The highest BCUT2D eigenvalue weighted by atomic mass is 35.5. The fraction of sp³-hybridized carbons (Fsp3) is 0.529. The Hall–Kier alpha value is -1.23. The summed E-state index contributed by atoms with van der Waals surface area (Å²) in [6.07, 6.45) is 4.10. The second-order valence-electron chi connectivity index (χ2n) is 6.13. The Balaban J connectivity index is 1.73. The lowest BCUT2D eigenvalue weighted by Crippen LogP contribution is -2.37. The van der Waals surface area contributed by atoms with Gasteiger partial charge in [-0.25, -0.2) is 4.98 Å². The molecule has 0 aliphatic carbocycles. The molecule has 118 valence electrons. The number of aromatic nitrogens is 2. The predicted octanol–water partition coefficient (Wildman–Crippen LogP) is 3.09. The number of rotatable bonds is 4. The van der Waals surface area contributed by atoms with Crippen LogP contribution in [0.1, 0.15) is 31.4 Å². The van der Waals surface area contributed by atoms with Crippen molar-refractivity contribution in [2.45, 2.75) is 25.7 Å². The van der Waals surface area contributed by atoms with Crippen LogP contribution in [0.3, 0.4) is 0 Å². The molecule has 1 unspecified atom stereocenters. The molecule has 2 aromatic rings. The number of nitrogens with zero attached hydrogens (tertiary/aromatic N) is 3. The van der Waals surface area contributed by atoms with Crippen LogP contribution < -0.4 is 0 Å². The Kier molecular flexibility index (Phi) is 4.91. The van der Waals surface area contributed by atoms with Gasteiger partial charge in [-0.3, -0.25) is 4.98 Å². The van der Waals surface area contributed by atoms with Gasteiger partial charge in [-0.05, 0) is 44.0 Å². The van der Waals surface area contributed by atoms with Gasteiger partial charge >= 0.3 is 0 Å². The van der Waals surface area contributed by atoms with Crippen LogP contribution in [-0.2, 0) is 0 Å². The quantitative estimate of drug-likeness (QED) is 0.880. The van der Waals surface area contributed by atoms with Gasteiger partial charge in [0.15, 0.2) is 0 Å². The van der Waals surface area contributed by atoms with Crippen molar-refractivity contribution in [3.63, 3.8) is 0 Å². The second kappa shape index (κ2) is 6.90. The van der Waals surface area contributed by atoms with E-state index in [1.54, 1.807) is 6.20 Å². The Morgan fingerprint density at radius 3 is 2.86 bits per heavy atom. The Labute approximate surface area is 136 Å². The van der Waals surface area contributed by atoms with Gasteiger partial charge in [0.2, 0.25) is 0 Å². The first-order valence-corrected chi connectivity index (χ1v) is 8.30. The topological polar surface area (TPSA) is 49.2 Å². The van der Waals surface area contributed by atoms with Crippen molar-refractivity contribution >= 4 is 22.5 Å². The molecule has 0 bridgehead atoms. The third-order valence-electron chi connectivity index (χ3n) is 4.78. The summed E-state index contributed by atoms with van der Waals surface area (Å²) in [7, 11) is 0. The minimum Gasteiger partial charge on any atom is -0.395 e. The molecule has 0 spiro atoms. The maximum absolute atomic E-state index is 9.03. The normalized spacial score (nSPS) is 18.7. The Morgan fingerprint density at radius 1 is 1.36 bits per heavy atom. The molecule has 2 aromatic heterocycles. The number of fused-ring (bicyclic) bond motifs is 1. The van der Waals surface area contributed by atoms with Crippen molar-refractivity contribution in [2.24, 2.45) is 5.92 Å². The van der Waals surface area contributed by atoms with Gasteiger partial charge in [0.25, 0.3) is 0 Å². The van der Waals surface area contributed by atoms with E-state index in [4.69, 9.17) is 21.7 Å². The van der Waals surface area contributed by atoms with E-state index in [0.29, 0.717) is 17.0 Å². The van der Waals surface area contributed by atoms with E-state index < -0.39 is 0 Å². The zero-order chi connectivity index (χ0) is 15.5. The van der Waals surface area contributed by atoms with Gasteiger partial charge < -0.3 is 10.0 Å². The third kappa shape index (κ3) is 3.40. The van der Waals surface area contributed by atoms with Crippen LogP contribution in [0.25, 0.3) is 10.9 Å². The van der Waals surface area contributed by atoms with E-state index in [2.05, 4.69) is 28.9 Å². The van der Waals surface area contributed by atoms with Crippen LogP contribution >= 0.6 is 11.6 Å². The van der Waals surface area contributed by atoms with Gasteiger partial charge in [-0.15, -0.1) is 0 Å². The summed E-state index contributed by atoms with van der Waals surface area (Å²) >= 11 is 5.97. The molecule has 0 amide bonds. The summed E-state index contributed by atoms with van der Waals surface area (Å²) in [5.41, 5.74) is 2.05. The van der Waals surface area contributed by atoms with Gasteiger partial charge in [-0.2, -0.15) is 0 Å². The number of likely N-dealkylation sites (tertiary alicyclic amines) is 1. The molecule has 0 radical (unpaired) electrons. The van der Waals surface area contributed by atoms with Crippen molar-refractivity contribution in [3.05, 3.63) is 35.2 Å². The number of β-amino-alcohol motifs (C(OH)–C–C–N with tert-alkyl or cyclic N) is 1. The highest BCUT2D eigenvalue weighted by molar-refractivity contribution is 6.29. The fourth-order valence-corrected chi connectivity index (χ4v) is 3.47. The molecular weight excluding hydrogens is 298 g/mol. The molecule has 1 fully saturated rings. The summed E-state index contributed by atoms with van der Waals surface area (Å²) < 4.78 is 0. The molecule has 22 heavy (non-hydrogen) atoms. The SMILES string of the molecule is CC(c1ccc2cnc(Cl)cc2n1)C1CCN(CCO)CC1. The molecule has 3 rings (SSSR count). The summed E-state index contributed by atoms with van der Waals surface area (Å²) in [4.78, 5) is 11.2. The minimum absolute atomic E-state index is 0.251. The average molecular weight is 320 g/mol. The number of pyridine rings is 2. The average Bonchev–Trinajstić information content (AvgIpc) is 2.54. The third-order valence-corrected chi connectivity index (χ3v) is 4.99. The maximum Gasteiger partial charge on any atom is 0.131 e. The van der Waals surface area contributed by atoms with E-state index in [1.165, 1.54) is 0 Å². The van der Waals surface area contributed by atoms with Crippen molar-refractivity contribution in [1.29, 1.82) is 0 Å². The molecule has 1 aliphatic rings. The first-order chi connectivity index (χ1) is 10.7. The van der Waals surface area contributed by atoms with E-state index in [0.717, 1.165) is 49.1 Å². The Bertz CT molecular complexity index is 641. The molecule has 4 nitrogen and oxygen atoms in total. The first-order valence-electron chi connectivity index (χ1n) is 7.93. The predicted molar refractivity (Wildman–Crippen MR) is 89.2 cm³/mol. The zero-order valence-electron chi connectivity index (χ0n) is 12.9. The lowest BCUT2D eigenvalue weighted by atomic mass is 9.83. The fourth-order valence-electron chi connectivity index (χ4n) is 3.32. The second-order valence-corrected chi connectivity index (χ2v) is 6.51. The summed E-state index contributed by atoms with van der Waals surface area (Å²) in [6, 6.07) is 6.03. The maximum atomic E-state index is 9.03. The van der Waals surface area contributed by atoms with Crippen LogP contribution in [0, 0.1) is 5.92 Å². The molecule has 1 atom stereocenters. The van der Waals surface area contributed by atoms with Crippen molar-refractivity contribution in [1.82, 2.24) is 14.9 Å². The van der Waals surface area contributed by atoms with Gasteiger partial charge in [0.1, 0.15) is 5.15 Å². The monoisotopic (exact) mass is 319 g/mol. The summed E-state index contributed by atoms with van der Waals surface area (Å²) in [5.74, 6) is 1.09. The molecule has 0 aromatic carbocycles. The van der Waals surface area contributed by atoms with Crippen LogP contribution in [0.2, 0.25) is 5.15 Å². The van der Waals surface area contributed by atoms with E-state index in [1.807, 2.05) is 6.07 Å². The van der Waals surface area contributed by atoms with E-state index >= 15 is 0 Å². The van der Waals surface area contributed by atoms with Gasteiger partial charge in [-0.1, -0.05) is 18.5 Å². The standard InChI is InChI=1S/C17H22ClN3O/c1-12(13-4-6-21(7-5-13)8-9-22)15-3-2-14-11-19-17(18)10-16(14)20-15/h2-3,10-13,22H,4-9H2,1H3. The van der Waals surface area contributed by atoms with Gasteiger partial charge in [0, 0.05) is 35.8 Å². The molecule has 3 heterocycles. The van der Waals surface area contributed by atoms with E-state index in [9.17, 15) is 0 Å². The van der Waals surface area contributed by atoms with Crippen molar-refractivity contribution in [2.75, 3.05) is 26.2 Å². The largest absolute Gasteiger partial charge is 0.395 e. The molecular formula is C17H22ClN3O. The van der Waals surface area contributed by atoms with Crippen molar-refractivity contribution < 1.29 is 5.11 Å². The summed E-state index contributed by atoms with van der Waals surface area (Å²) in [5, 5.41) is 10.5.